The van der Waals surface area contributed by atoms with E-state index < -0.39 is 13.9 Å². The fourth-order valence-corrected chi connectivity index (χ4v) is 6.42. The van der Waals surface area contributed by atoms with Crippen LogP contribution in [0.3, 0.4) is 0 Å². The van der Waals surface area contributed by atoms with Crippen LogP contribution in [0.25, 0.3) is 0 Å². The average molecular weight is 718 g/mol. The molecule has 8 nitrogen and oxygen atoms in total. The third kappa shape index (κ3) is 38.1. The summed E-state index contributed by atoms with van der Waals surface area (Å²) in [4.78, 5) is 24.9. The van der Waals surface area contributed by atoms with Crippen molar-refractivity contribution in [3.63, 3.8) is 0 Å². The number of hydrogen-bond donors (Lipinski definition) is 0. The molecule has 2 atom stereocenters. The number of hydrogen-bond acceptors (Lipinski definition) is 7. The lowest BCUT2D eigenvalue weighted by Gasteiger charge is -2.28. The molecule has 0 fully saturated rings. The van der Waals surface area contributed by atoms with Gasteiger partial charge in [-0.05, 0) is 25.3 Å². The summed E-state index contributed by atoms with van der Waals surface area (Å²) >= 11 is 0. The lowest BCUT2D eigenvalue weighted by Crippen LogP contribution is -2.37. The summed E-state index contributed by atoms with van der Waals surface area (Å²) < 4.78 is 34.2. The lowest BCUT2D eigenvalue weighted by atomic mass is 10.0. The smallest absolute Gasteiger partial charge is 0.306 e. The van der Waals surface area contributed by atoms with E-state index in [1.54, 1.807) is 6.26 Å². The molecule has 0 heterocycles. The second-order valence-electron chi connectivity index (χ2n) is 15.1. The summed E-state index contributed by atoms with van der Waals surface area (Å²) in [6.07, 6.45) is 36.0. The van der Waals surface area contributed by atoms with E-state index in [0.29, 0.717) is 17.4 Å². The number of allylic oxidation sites excluding steroid dienone is 1. The standard InChI is InChI=1S/C40H80NO7P/c1-6-8-10-12-14-16-18-19-20-21-22-24-26-28-30-32-35-45-37-39(38-47-49(43,44)46-36-34-41(3,4)5)48-40(42)33-31-29-27-25-23-17-15-13-11-9-7-2/h32,35,39H,6-31,33-34,36-38H2,1-5H3/b35-32+/t39-/m1/s1. The molecule has 0 aromatic carbocycles. The molecular weight excluding hydrogens is 637 g/mol. The Morgan fingerprint density at radius 3 is 1.51 bits per heavy atom. The minimum atomic E-state index is -4.53. The molecule has 0 radical (unpaired) electrons. The molecule has 0 saturated carbocycles. The van der Waals surface area contributed by atoms with Gasteiger partial charge in [-0.15, -0.1) is 0 Å². The monoisotopic (exact) mass is 718 g/mol. The quantitative estimate of drug-likeness (QED) is 0.0206. The van der Waals surface area contributed by atoms with E-state index in [0.717, 1.165) is 32.1 Å². The number of phosphoric acid groups is 1. The van der Waals surface area contributed by atoms with Gasteiger partial charge in [0, 0.05) is 6.42 Å². The van der Waals surface area contributed by atoms with Gasteiger partial charge >= 0.3 is 5.97 Å². The number of esters is 1. The molecule has 0 rings (SSSR count). The number of quaternary nitrogens is 1. The summed E-state index contributed by atoms with van der Waals surface area (Å²) in [6.45, 7) is 4.74. The van der Waals surface area contributed by atoms with Crippen molar-refractivity contribution in [3.8, 4) is 0 Å². The number of ether oxygens (including phenoxy) is 2. The van der Waals surface area contributed by atoms with Gasteiger partial charge < -0.3 is 27.9 Å². The summed E-state index contributed by atoms with van der Waals surface area (Å²) in [6, 6.07) is 0. The van der Waals surface area contributed by atoms with Crippen LogP contribution in [0, 0.1) is 0 Å². The van der Waals surface area contributed by atoms with Crippen molar-refractivity contribution < 1.29 is 37.3 Å². The number of rotatable bonds is 38. The van der Waals surface area contributed by atoms with E-state index in [1.807, 2.05) is 27.2 Å². The highest BCUT2D eigenvalue weighted by molar-refractivity contribution is 7.45. The zero-order valence-electron chi connectivity index (χ0n) is 32.9. The van der Waals surface area contributed by atoms with Crippen LogP contribution in [0.5, 0.6) is 0 Å². The van der Waals surface area contributed by atoms with Crippen LogP contribution in [0.2, 0.25) is 0 Å². The van der Waals surface area contributed by atoms with E-state index in [2.05, 4.69) is 13.8 Å². The fourth-order valence-electron chi connectivity index (χ4n) is 5.69. The Kier molecular flexibility index (Phi) is 33.5. The van der Waals surface area contributed by atoms with Gasteiger partial charge in [-0.1, -0.05) is 162 Å². The highest BCUT2D eigenvalue weighted by atomic mass is 31.2. The molecular formula is C40H80NO7P. The first-order chi connectivity index (χ1) is 23.6. The van der Waals surface area contributed by atoms with Gasteiger partial charge in [0.2, 0.25) is 0 Å². The van der Waals surface area contributed by atoms with E-state index in [-0.39, 0.29) is 25.8 Å². The first kappa shape index (κ1) is 48.1. The minimum absolute atomic E-state index is 0.0199. The third-order valence-electron chi connectivity index (χ3n) is 8.91. The molecule has 0 aromatic rings. The molecule has 0 aliphatic rings. The van der Waals surface area contributed by atoms with E-state index in [9.17, 15) is 14.3 Å². The fraction of sp³-hybridized carbons (Fsp3) is 0.925. The summed E-state index contributed by atoms with van der Waals surface area (Å²) in [7, 11) is 1.33. The van der Waals surface area contributed by atoms with Gasteiger partial charge in [0.15, 0.2) is 6.10 Å². The maximum Gasteiger partial charge on any atom is 0.306 e. The highest BCUT2D eigenvalue weighted by Crippen LogP contribution is 2.38. The number of nitrogens with zero attached hydrogens (tertiary/aromatic N) is 1. The van der Waals surface area contributed by atoms with Crippen LogP contribution in [0.4, 0.5) is 0 Å². The first-order valence-corrected chi connectivity index (χ1v) is 21.9. The number of carbonyl (C=O) groups is 1. The van der Waals surface area contributed by atoms with Crippen molar-refractivity contribution in [3.05, 3.63) is 12.3 Å². The second kappa shape index (κ2) is 34.2. The van der Waals surface area contributed by atoms with Crippen LogP contribution in [-0.2, 0) is 27.9 Å². The van der Waals surface area contributed by atoms with Gasteiger partial charge in [0.25, 0.3) is 7.82 Å². The van der Waals surface area contributed by atoms with Gasteiger partial charge in [-0.2, -0.15) is 0 Å². The van der Waals surface area contributed by atoms with Gasteiger partial charge in [0.1, 0.15) is 19.8 Å². The van der Waals surface area contributed by atoms with Gasteiger partial charge in [0.05, 0.1) is 34.0 Å². The number of likely N-dealkylation sites (N-methyl/N-ethyl adjacent to an activating group) is 1. The molecule has 49 heavy (non-hydrogen) atoms. The Labute approximate surface area is 303 Å². The molecule has 0 N–H and O–H groups in total. The third-order valence-corrected chi connectivity index (χ3v) is 9.88. The zero-order chi connectivity index (χ0) is 36.3. The van der Waals surface area contributed by atoms with Crippen LogP contribution < -0.4 is 4.89 Å². The maximum absolute atomic E-state index is 12.6. The van der Waals surface area contributed by atoms with E-state index in [4.69, 9.17) is 18.5 Å². The maximum atomic E-state index is 12.6. The van der Waals surface area contributed by atoms with E-state index >= 15 is 0 Å². The van der Waals surface area contributed by atoms with E-state index in [1.165, 1.54) is 135 Å². The Bertz CT molecular complexity index is 802. The summed E-state index contributed by atoms with van der Waals surface area (Å²) in [5.74, 6) is -0.355. The van der Waals surface area contributed by atoms with Crippen molar-refractivity contribution in [2.75, 3.05) is 47.5 Å². The van der Waals surface area contributed by atoms with Crippen molar-refractivity contribution in [1.29, 1.82) is 0 Å². The first-order valence-electron chi connectivity index (χ1n) is 20.5. The second-order valence-corrected chi connectivity index (χ2v) is 16.5. The normalized spacial score (nSPS) is 13.9. The topological polar surface area (TPSA) is 94.1 Å². The predicted molar refractivity (Wildman–Crippen MR) is 203 cm³/mol. The Morgan fingerprint density at radius 2 is 1.06 bits per heavy atom. The number of unbranched alkanes of at least 4 members (excludes halogenated alkanes) is 24. The highest BCUT2D eigenvalue weighted by Gasteiger charge is 2.20. The SMILES string of the molecule is CCCCCCCCCCCCCCCC/C=C/OC[C@H](COP(=O)([O-])OCC[N+](C)(C)C)OC(=O)CCCCCCCCCCCCC. The zero-order valence-corrected chi connectivity index (χ0v) is 33.8. The number of phosphoric ester groups is 1. The van der Waals surface area contributed by atoms with Crippen LogP contribution in [-0.4, -0.2) is 64.1 Å². The van der Waals surface area contributed by atoms with Crippen molar-refractivity contribution in [2.45, 2.75) is 193 Å². The molecule has 0 saturated heterocycles. The van der Waals surface area contributed by atoms with Crippen LogP contribution in [0.1, 0.15) is 187 Å². The Hall–Kier alpha value is -0.920. The molecule has 292 valence electrons. The van der Waals surface area contributed by atoms with Crippen molar-refractivity contribution in [2.24, 2.45) is 0 Å². The minimum Gasteiger partial charge on any atom is -0.756 e. The molecule has 1 unspecified atom stereocenters. The summed E-state index contributed by atoms with van der Waals surface area (Å²) in [5.41, 5.74) is 0. The largest absolute Gasteiger partial charge is 0.756 e. The van der Waals surface area contributed by atoms with Crippen LogP contribution >= 0.6 is 7.82 Å². The van der Waals surface area contributed by atoms with Gasteiger partial charge in [-0.25, -0.2) is 0 Å². The predicted octanol–water partition coefficient (Wildman–Crippen LogP) is 11.2. The van der Waals surface area contributed by atoms with Crippen molar-refractivity contribution >= 4 is 13.8 Å². The molecule has 0 amide bonds. The van der Waals surface area contributed by atoms with Crippen LogP contribution in [0.15, 0.2) is 12.3 Å². The van der Waals surface area contributed by atoms with Crippen molar-refractivity contribution in [1.82, 2.24) is 0 Å². The Balaban J connectivity index is 4.28. The average Bonchev–Trinajstić information content (AvgIpc) is 3.04. The molecule has 0 aliphatic heterocycles. The number of carbonyl (C=O) groups excluding carboxylic acids is 1. The summed E-state index contributed by atoms with van der Waals surface area (Å²) in [5, 5.41) is 0. The molecule has 0 aliphatic carbocycles. The molecule has 0 aromatic heterocycles. The lowest BCUT2D eigenvalue weighted by molar-refractivity contribution is -0.870. The molecule has 0 spiro atoms. The Morgan fingerprint density at radius 1 is 0.633 bits per heavy atom. The van der Waals surface area contributed by atoms with Gasteiger partial charge in [-0.3, -0.25) is 9.36 Å². The molecule has 9 heteroatoms. The molecule has 0 bridgehead atoms.